The second-order valence-electron chi connectivity index (χ2n) is 9.47. The molecular formula is C23H24FN5O4. The lowest BCUT2D eigenvalue weighted by molar-refractivity contribution is -0.0380. The second kappa shape index (κ2) is 7.43. The minimum atomic E-state index is -0.900. The van der Waals surface area contributed by atoms with Crippen molar-refractivity contribution in [3.05, 3.63) is 42.1 Å². The summed E-state index contributed by atoms with van der Waals surface area (Å²) < 4.78 is 20.7. The molecule has 3 fully saturated rings. The van der Waals surface area contributed by atoms with Crippen LogP contribution in [0.25, 0.3) is 16.6 Å². The zero-order chi connectivity index (χ0) is 23.5. The number of hydrogen-bond donors (Lipinski definition) is 1. The molecule has 2 atom stereocenters. The summed E-state index contributed by atoms with van der Waals surface area (Å²) in [5.41, 5.74) is 0.622. The number of hydrogen-bond acceptors (Lipinski definition) is 7. The first-order chi connectivity index (χ1) is 15.6. The van der Waals surface area contributed by atoms with Gasteiger partial charge in [-0.1, -0.05) is 0 Å². The maximum absolute atomic E-state index is 14.1. The van der Waals surface area contributed by atoms with Crippen molar-refractivity contribution in [2.75, 3.05) is 18.0 Å². The Bertz CT molecular complexity index is 1240. The van der Waals surface area contributed by atoms with E-state index < -0.39 is 11.5 Å². The van der Waals surface area contributed by atoms with E-state index in [0.717, 1.165) is 16.8 Å². The summed E-state index contributed by atoms with van der Waals surface area (Å²) in [7, 11) is 0. The Morgan fingerprint density at radius 2 is 2.00 bits per heavy atom. The summed E-state index contributed by atoms with van der Waals surface area (Å²) in [4.78, 5) is 32.4. The zero-order valence-corrected chi connectivity index (χ0v) is 18.5. The molecule has 2 bridgehead atoms. The quantitative estimate of drug-likeness (QED) is 0.608. The Morgan fingerprint density at radius 1 is 1.27 bits per heavy atom. The third-order valence-corrected chi connectivity index (χ3v) is 6.00. The molecule has 3 aliphatic heterocycles. The van der Waals surface area contributed by atoms with Gasteiger partial charge in [-0.25, -0.2) is 14.3 Å². The number of nitrogens with zero attached hydrogens (tertiary/aromatic N) is 5. The molecule has 1 amide bonds. The standard InChI is InChI=1S/C23H24FN5O4/c1-23(2,3)33-22(32)29-14-6-15(29)10-27(9-14)19-5-4-13(8-25-19)17-7-16(31)11-28-20(17)18(12-30)21(24)26-28/h4-5,7-8,11-12,14-15,31H,6,9-10H2,1-3H3. The molecule has 0 saturated carbocycles. The molecule has 3 aromatic rings. The fourth-order valence-electron chi connectivity index (χ4n) is 4.63. The smallest absolute Gasteiger partial charge is 0.410 e. The number of carbonyl (C=O) groups excluding carboxylic acids is 2. The van der Waals surface area contributed by atoms with Gasteiger partial charge in [-0.05, 0) is 45.4 Å². The van der Waals surface area contributed by atoms with E-state index in [2.05, 4.69) is 15.0 Å². The first-order valence-electron chi connectivity index (χ1n) is 10.7. The van der Waals surface area contributed by atoms with Gasteiger partial charge in [0.05, 0.1) is 29.4 Å². The van der Waals surface area contributed by atoms with E-state index in [-0.39, 0.29) is 35.0 Å². The highest BCUT2D eigenvalue weighted by Crippen LogP contribution is 2.36. The van der Waals surface area contributed by atoms with Gasteiger partial charge in [0.25, 0.3) is 0 Å². The van der Waals surface area contributed by atoms with Crippen molar-refractivity contribution in [2.45, 2.75) is 44.9 Å². The minimum absolute atomic E-state index is 0.0793. The summed E-state index contributed by atoms with van der Waals surface area (Å²) in [6.45, 7) is 6.88. The molecule has 0 aromatic carbocycles. The number of aldehydes is 1. The van der Waals surface area contributed by atoms with Gasteiger partial charge in [0.2, 0.25) is 5.95 Å². The van der Waals surface area contributed by atoms with Crippen LogP contribution < -0.4 is 4.90 Å². The predicted molar refractivity (Wildman–Crippen MR) is 118 cm³/mol. The zero-order valence-electron chi connectivity index (χ0n) is 18.5. The number of aromatic hydroxyl groups is 1. The molecule has 9 nitrogen and oxygen atoms in total. The van der Waals surface area contributed by atoms with Crippen LogP contribution in [-0.2, 0) is 4.74 Å². The maximum atomic E-state index is 14.1. The molecule has 0 radical (unpaired) electrons. The van der Waals surface area contributed by atoms with Crippen LogP contribution in [0.5, 0.6) is 5.75 Å². The number of piperazine rings is 1. The van der Waals surface area contributed by atoms with E-state index in [4.69, 9.17) is 4.74 Å². The van der Waals surface area contributed by atoms with E-state index in [1.165, 1.54) is 12.3 Å². The summed E-state index contributed by atoms with van der Waals surface area (Å²) in [5, 5.41) is 13.7. The van der Waals surface area contributed by atoms with E-state index in [0.29, 0.717) is 30.5 Å². The largest absolute Gasteiger partial charge is 0.506 e. The summed E-state index contributed by atoms with van der Waals surface area (Å²) in [6, 6.07) is 5.26. The lowest BCUT2D eigenvalue weighted by atomic mass is 9.88. The van der Waals surface area contributed by atoms with Crippen LogP contribution >= 0.6 is 0 Å². The van der Waals surface area contributed by atoms with Gasteiger partial charge in [0.1, 0.15) is 17.2 Å². The maximum Gasteiger partial charge on any atom is 0.410 e. The normalized spacial score (nSPS) is 20.0. The van der Waals surface area contributed by atoms with E-state index in [1.807, 2.05) is 37.8 Å². The number of anilines is 1. The summed E-state index contributed by atoms with van der Waals surface area (Å²) >= 11 is 0. The molecule has 2 unspecified atom stereocenters. The van der Waals surface area contributed by atoms with E-state index >= 15 is 0 Å². The van der Waals surface area contributed by atoms with Gasteiger partial charge >= 0.3 is 6.09 Å². The monoisotopic (exact) mass is 453 g/mol. The van der Waals surface area contributed by atoms with Crippen molar-refractivity contribution >= 4 is 23.7 Å². The molecule has 3 aromatic heterocycles. The second-order valence-corrected chi connectivity index (χ2v) is 9.47. The number of carbonyl (C=O) groups is 2. The molecule has 10 heteroatoms. The van der Waals surface area contributed by atoms with E-state index in [1.54, 1.807) is 6.20 Å². The van der Waals surface area contributed by atoms with Crippen LogP contribution in [0, 0.1) is 5.95 Å². The van der Waals surface area contributed by atoms with Gasteiger partial charge in [-0.3, -0.25) is 9.69 Å². The highest BCUT2D eigenvalue weighted by atomic mass is 19.1. The average Bonchev–Trinajstić information content (AvgIpc) is 3.06. The Balaban J connectivity index is 1.37. The fourth-order valence-corrected chi connectivity index (χ4v) is 4.63. The number of piperidine rings is 1. The topological polar surface area (TPSA) is 100 Å². The van der Waals surface area contributed by atoms with Gasteiger partial charge in [-0.15, -0.1) is 5.10 Å². The molecule has 3 aliphatic rings. The van der Waals surface area contributed by atoms with Crippen LogP contribution in [0.4, 0.5) is 15.0 Å². The number of halogens is 1. The SMILES string of the molecule is CC(C)(C)OC(=O)N1C2CC1CN(c1ccc(-c3cc(O)cn4nc(F)c(C=O)c34)cn1)C2. The number of ether oxygens (including phenoxy) is 1. The molecule has 6 rings (SSSR count). The minimum Gasteiger partial charge on any atom is -0.506 e. The average molecular weight is 453 g/mol. The summed E-state index contributed by atoms with van der Waals surface area (Å²) in [5.74, 6) is -0.257. The lowest BCUT2D eigenvalue weighted by Gasteiger charge is -2.56. The Hall–Kier alpha value is -3.69. The number of aromatic nitrogens is 3. The number of rotatable bonds is 3. The third kappa shape index (κ3) is 3.65. The Kier molecular flexibility index (Phi) is 4.77. The van der Waals surface area contributed by atoms with Crippen LogP contribution in [0.3, 0.4) is 0 Å². The van der Waals surface area contributed by atoms with E-state index in [9.17, 15) is 19.1 Å². The first kappa shape index (κ1) is 21.2. The Labute approximate surface area is 189 Å². The van der Waals surface area contributed by atoms with Gasteiger partial charge in [0, 0.05) is 30.4 Å². The molecule has 3 saturated heterocycles. The van der Waals surface area contributed by atoms with Gasteiger partial charge in [0.15, 0.2) is 6.29 Å². The van der Waals surface area contributed by atoms with Crippen molar-refractivity contribution in [1.29, 1.82) is 0 Å². The van der Waals surface area contributed by atoms with Crippen molar-refractivity contribution in [3.8, 4) is 16.9 Å². The molecule has 0 aliphatic carbocycles. The highest BCUT2D eigenvalue weighted by Gasteiger charge is 2.49. The van der Waals surface area contributed by atoms with Crippen molar-refractivity contribution in [2.24, 2.45) is 0 Å². The highest BCUT2D eigenvalue weighted by molar-refractivity contribution is 5.95. The van der Waals surface area contributed by atoms with Crippen LogP contribution in [0.2, 0.25) is 0 Å². The fraction of sp³-hybridized carbons (Fsp3) is 0.391. The first-order valence-corrected chi connectivity index (χ1v) is 10.7. The van der Waals surface area contributed by atoms with Crippen LogP contribution in [-0.4, -0.2) is 67.8 Å². The van der Waals surface area contributed by atoms with Gasteiger partial charge in [-0.2, -0.15) is 4.39 Å². The number of fused-ring (bicyclic) bond motifs is 3. The van der Waals surface area contributed by atoms with Crippen molar-refractivity contribution in [1.82, 2.24) is 19.5 Å². The molecule has 6 heterocycles. The number of amides is 1. The Morgan fingerprint density at radius 3 is 2.61 bits per heavy atom. The molecule has 1 N–H and O–H groups in total. The molecular weight excluding hydrogens is 429 g/mol. The van der Waals surface area contributed by atoms with Crippen molar-refractivity contribution in [3.63, 3.8) is 0 Å². The predicted octanol–water partition coefficient (Wildman–Crippen LogP) is 3.25. The molecule has 172 valence electrons. The molecule has 33 heavy (non-hydrogen) atoms. The van der Waals surface area contributed by atoms with Crippen LogP contribution in [0.15, 0.2) is 30.6 Å². The summed E-state index contributed by atoms with van der Waals surface area (Å²) in [6.07, 6.45) is 3.94. The third-order valence-electron chi connectivity index (χ3n) is 6.00. The number of pyridine rings is 2. The van der Waals surface area contributed by atoms with Crippen molar-refractivity contribution < 1.29 is 23.8 Å². The van der Waals surface area contributed by atoms with Gasteiger partial charge < -0.3 is 14.7 Å². The lowest BCUT2D eigenvalue weighted by Crippen LogP contribution is -2.70. The van der Waals surface area contributed by atoms with Crippen LogP contribution in [0.1, 0.15) is 37.6 Å². The molecule has 0 spiro atoms.